The Kier molecular flexibility index (Phi) is 13.5. The topological polar surface area (TPSA) is 126 Å². The van der Waals surface area contributed by atoms with Crippen molar-refractivity contribution in [2.24, 2.45) is 0 Å². The maximum absolute atomic E-state index is 12.6. The molecule has 0 saturated carbocycles. The molecule has 0 atom stereocenters. The largest absolute Gasteiger partial charge is 0.494 e. The second kappa shape index (κ2) is 17.8. The highest BCUT2D eigenvalue weighted by molar-refractivity contribution is 5.92. The second-order valence-corrected chi connectivity index (χ2v) is 9.55. The summed E-state index contributed by atoms with van der Waals surface area (Å²) in [4.78, 5) is 48.0. The maximum atomic E-state index is 12.6. The molecule has 1 aliphatic rings. The molecule has 43 heavy (non-hydrogen) atoms. The fourth-order valence-electron chi connectivity index (χ4n) is 3.82. The zero-order valence-corrected chi connectivity index (χ0v) is 24.3. The van der Waals surface area contributed by atoms with Gasteiger partial charge in [-0.05, 0) is 86.7 Å². The summed E-state index contributed by atoms with van der Waals surface area (Å²) in [5, 5.41) is 2.70. The van der Waals surface area contributed by atoms with E-state index >= 15 is 0 Å². The number of benzene rings is 2. The molecule has 2 aromatic rings. The van der Waals surface area contributed by atoms with Crippen LogP contribution in [0.1, 0.15) is 62.2 Å². The summed E-state index contributed by atoms with van der Waals surface area (Å²) >= 11 is 0. The number of carbonyl (C=O) groups is 4. The molecule has 0 saturated heterocycles. The summed E-state index contributed by atoms with van der Waals surface area (Å²) in [7, 11) is 0. The smallest absolute Gasteiger partial charge is 0.411 e. The van der Waals surface area contributed by atoms with Crippen LogP contribution in [-0.4, -0.2) is 43.8 Å². The summed E-state index contributed by atoms with van der Waals surface area (Å²) in [6.07, 6.45) is 9.04. The van der Waals surface area contributed by atoms with Gasteiger partial charge in [-0.3, -0.25) is 5.32 Å². The Labute approximate surface area is 251 Å². The molecule has 10 heteroatoms. The molecule has 0 aliphatic heterocycles. The van der Waals surface area contributed by atoms with E-state index in [1.165, 1.54) is 24.3 Å². The SMILES string of the molecule is C=CC(=O)OCCCCOc1ccc(C(=O)Oc2ccc(OC(=O)C3=CC=C(NC(=O)OCCCCC)CC3)cc2)cc1. The molecule has 1 N–H and O–H groups in total. The molecule has 1 aliphatic carbocycles. The number of carbonyl (C=O) groups excluding carboxylic acids is 4. The van der Waals surface area contributed by atoms with Crippen LogP contribution in [0.25, 0.3) is 0 Å². The third-order valence-corrected chi connectivity index (χ3v) is 6.21. The average molecular weight is 592 g/mol. The van der Waals surface area contributed by atoms with Gasteiger partial charge in [0.1, 0.15) is 17.2 Å². The summed E-state index contributed by atoms with van der Waals surface area (Å²) in [6, 6.07) is 12.7. The van der Waals surface area contributed by atoms with Crippen LogP contribution < -0.4 is 19.5 Å². The summed E-state index contributed by atoms with van der Waals surface area (Å²) in [6.45, 7) is 6.53. The number of hydrogen-bond acceptors (Lipinski definition) is 9. The summed E-state index contributed by atoms with van der Waals surface area (Å²) in [5.41, 5.74) is 1.49. The van der Waals surface area contributed by atoms with Crippen molar-refractivity contribution in [3.05, 3.63) is 90.2 Å². The number of nitrogens with one attached hydrogen (secondary N) is 1. The van der Waals surface area contributed by atoms with Gasteiger partial charge in [0, 0.05) is 17.3 Å². The molecule has 3 rings (SSSR count). The predicted molar refractivity (Wildman–Crippen MR) is 159 cm³/mol. The van der Waals surface area contributed by atoms with E-state index < -0.39 is 24.0 Å². The monoisotopic (exact) mass is 591 g/mol. The number of esters is 3. The second-order valence-electron chi connectivity index (χ2n) is 9.55. The third kappa shape index (κ3) is 11.9. The third-order valence-electron chi connectivity index (χ3n) is 6.21. The van der Waals surface area contributed by atoms with Gasteiger partial charge in [-0.1, -0.05) is 32.4 Å². The molecule has 10 nitrogen and oxygen atoms in total. The van der Waals surface area contributed by atoms with E-state index in [-0.39, 0.29) is 0 Å². The van der Waals surface area contributed by atoms with E-state index in [9.17, 15) is 19.2 Å². The van der Waals surface area contributed by atoms with E-state index in [0.717, 1.165) is 25.3 Å². The van der Waals surface area contributed by atoms with Gasteiger partial charge in [0.25, 0.3) is 0 Å². The lowest BCUT2D eigenvalue weighted by Gasteiger charge is -2.15. The first-order valence-corrected chi connectivity index (χ1v) is 14.3. The molecular weight excluding hydrogens is 554 g/mol. The molecule has 0 heterocycles. The van der Waals surface area contributed by atoms with E-state index in [2.05, 4.69) is 18.8 Å². The summed E-state index contributed by atoms with van der Waals surface area (Å²) < 4.78 is 26.5. The standard InChI is InChI=1S/C33H37NO9/c1-3-5-6-23-41-33(38)34-26-13-9-24(10-14-26)31(36)42-28-17-19-29(20-18-28)43-32(37)25-11-15-27(16-12-25)39-21-7-8-22-40-30(35)4-2/h4,9,11-13,15-20H,2-3,5-8,10,14,21-23H2,1H3,(H,34,38). The quantitative estimate of drug-likeness (QED) is 0.105. The lowest BCUT2D eigenvalue weighted by atomic mass is 10.0. The molecule has 0 unspecified atom stereocenters. The molecule has 2 aromatic carbocycles. The number of hydrogen-bond donors (Lipinski definition) is 1. The molecule has 0 aromatic heterocycles. The minimum absolute atomic E-state index is 0.291. The van der Waals surface area contributed by atoms with Gasteiger partial charge in [-0.2, -0.15) is 0 Å². The molecule has 0 spiro atoms. The Bertz CT molecular complexity index is 1310. The van der Waals surface area contributed by atoms with Crippen LogP contribution in [0.3, 0.4) is 0 Å². The van der Waals surface area contributed by atoms with Crippen LogP contribution in [0.4, 0.5) is 4.79 Å². The van der Waals surface area contributed by atoms with E-state index in [1.807, 2.05) is 0 Å². The van der Waals surface area contributed by atoms with Crippen LogP contribution in [0, 0.1) is 0 Å². The molecule has 0 fully saturated rings. The number of alkyl carbamates (subject to hydrolysis) is 1. The van der Waals surface area contributed by atoms with Gasteiger partial charge in [0.2, 0.25) is 0 Å². The molecule has 0 bridgehead atoms. The van der Waals surface area contributed by atoms with Gasteiger partial charge in [0.05, 0.1) is 25.4 Å². The van der Waals surface area contributed by atoms with Crippen LogP contribution in [0.15, 0.2) is 84.6 Å². The Morgan fingerprint density at radius 2 is 1.35 bits per heavy atom. The Morgan fingerprint density at radius 3 is 1.98 bits per heavy atom. The number of rotatable bonds is 16. The highest BCUT2D eigenvalue weighted by Gasteiger charge is 2.17. The number of allylic oxidation sites excluding steroid dienone is 3. The van der Waals surface area contributed by atoms with E-state index in [4.69, 9.17) is 23.7 Å². The maximum Gasteiger partial charge on any atom is 0.411 e. The zero-order chi connectivity index (χ0) is 30.9. The fourth-order valence-corrected chi connectivity index (χ4v) is 3.82. The number of amides is 1. The van der Waals surface area contributed by atoms with Crippen molar-refractivity contribution in [2.75, 3.05) is 19.8 Å². The van der Waals surface area contributed by atoms with Crippen molar-refractivity contribution in [1.82, 2.24) is 5.32 Å². The molecular formula is C33H37NO9. The first-order chi connectivity index (χ1) is 20.9. The minimum Gasteiger partial charge on any atom is -0.494 e. The van der Waals surface area contributed by atoms with Crippen LogP contribution in [0.5, 0.6) is 17.2 Å². The first-order valence-electron chi connectivity index (χ1n) is 14.3. The highest BCUT2D eigenvalue weighted by atomic mass is 16.6. The normalized spacial score (nSPS) is 12.2. The zero-order valence-electron chi connectivity index (χ0n) is 24.3. The number of ether oxygens (including phenoxy) is 5. The lowest BCUT2D eigenvalue weighted by molar-refractivity contribution is -0.138. The summed E-state index contributed by atoms with van der Waals surface area (Å²) in [5.74, 6) is -0.304. The first kappa shape index (κ1) is 32.7. The van der Waals surface area contributed by atoms with Crippen molar-refractivity contribution in [3.8, 4) is 17.2 Å². The van der Waals surface area contributed by atoms with Gasteiger partial charge in [0.15, 0.2) is 0 Å². The predicted octanol–water partition coefficient (Wildman–Crippen LogP) is 6.22. The number of unbranched alkanes of at least 4 members (excludes halogenated alkanes) is 3. The molecule has 228 valence electrons. The van der Waals surface area contributed by atoms with Crippen molar-refractivity contribution in [3.63, 3.8) is 0 Å². The highest BCUT2D eigenvalue weighted by Crippen LogP contribution is 2.23. The van der Waals surface area contributed by atoms with Gasteiger partial charge >= 0.3 is 24.0 Å². The Hall–Kier alpha value is -4.86. The molecule has 1 amide bonds. The lowest BCUT2D eigenvalue weighted by Crippen LogP contribution is -2.25. The Balaban J connectivity index is 1.40. The van der Waals surface area contributed by atoms with Crippen molar-refractivity contribution in [2.45, 2.75) is 51.9 Å². The van der Waals surface area contributed by atoms with Crippen molar-refractivity contribution < 1.29 is 42.9 Å². The van der Waals surface area contributed by atoms with E-state index in [0.29, 0.717) is 79.6 Å². The minimum atomic E-state index is -0.547. The van der Waals surface area contributed by atoms with Crippen LogP contribution in [-0.2, 0) is 19.1 Å². The van der Waals surface area contributed by atoms with Crippen LogP contribution in [0.2, 0.25) is 0 Å². The van der Waals surface area contributed by atoms with Crippen molar-refractivity contribution in [1.29, 1.82) is 0 Å². The van der Waals surface area contributed by atoms with E-state index in [1.54, 1.807) is 36.4 Å². The van der Waals surface area contributed by atoms with Gasteiger partial charge in [-0.15, -0.1) is 0 Å². The average Bonchev–Trinajstić information content (AvgIpc) is 3.02. The van der Waals surface area contributed by atoms with Gasteiger partial charge < -0.3 is 23.7 Å². The van der Waals surface area contributed by atoms with Crippen LogP contribution >= 0.6 is 0 Å². The van der Waals surface area contributed by atoms with Crippen molar-refractivity contribution >= 4 is 24.0 Å². The fraction of sp³-hybridized carbons (Fsp3) is 0.333. The molecule has 0 radical (unpaired) electrons. The van der Waals surface area contributed by atoms with Gasteiger partial charge in [-0.25, -0.2) is 19.2 Å². The Morgan fingerprint density at radius 1 is 0.744 bits per heavy atom.